The first-order valence-corrected chi connectivity index (χ1v) is 10.7. The van der Waals surface area contributed by atoms with Gasteiger partial charge in [0, 0.05) is 0 Å². The van der Waals surface area contributed by atoms with E-state index in [1.807, 2.05) is 43.4 Å². The highest BCUT2D eigenvalue weighted by Crippen LogP contribution is 2.25. The molecular weight excluding hydrogens is 352 g/mol. The average molecular weight is 389 g/mol. The van der Waals surface area contributed by atoms with Gasteiger partial charge in [-0.1, -0.05) is 75.5 Å². The van der Waals surface area contributed by atoms with Crippen molar-refractivity contribution < 1.29 is 18.9 Å². The maximum Gasteiger partial charge on any atom is 0.181 e. The van der Waals surface area contributed by atoms with Crippen LogP contribution in [0, 0.1) is 0 Å². The maximum absolute atomic E-state index is 5.91. The fourth-order valence-corrected chi connectivity index (χ4v) is 3.03. The molecule has 0 amide bonds. The first kappa shape index (κ1) is 22.7. The Labute approximate surface area is 170 Å². The minimum atomic E-state index is -0.300. The Morgan fingerprint density at radius 2 is 1.75 bits per heavy atom. The van der Waals surface area contributed by atoms with Gasteiger partial charge >= 0.3 is 0 Å². The molecule has 1 fully saturated rings. The van der Waals surface area contributed by atoms with Crippen LogP contribution in [-0.4, -0.2) is 32.7 Å². The molecule has 4 heteroatoms. The van der Waals surface area contributed by atoms with Gasteiger partial charge in [0.15, 0.2) is 6.29 Å². The summed E-state index contributed by atoms with van der Waals surface area (Å²) in [6.07, 6.45) is 15.2. The van der Waals surface area contributed by atoms with Crippen LogP contribution in [0.4, 0.5) is 0 Å². The molecule has 0 aromatic heterocycles. The highest BCUT2D eigenvalue weighted by atomic mass is 16.7. The van der Waals surface area contributed by atoms with Gasteiger partial charge in [0.1, 0.15) is 11.9 Å². The van der Waals surface area contributed by atoms with E-state index in [4.69, 9.17) is 18.9 Å². The van der Waals surface area contributed by atoms with Gasteiger partial charge in [-0.3, -0.25) is 0 Å². The number of hydrogen-bond acceptors (Lipinski definition) is 4. The first-order chi connectivity index (χ1) is 13.8. The number of ether oxygens (including phenoxy) is 4. The highest BCUT2D eigenvalue weighted by molar-refractivity contribution is 5.28. The molecule has 2 atom stereocenters. The molecule has 1 aromatic rings. The summed E-state index contributed by atoms with van der Waals surface area (Å²) in [5.41, 5.74) is 1.11. The summed E-state index contributed by atoms with van der Waals surface area (Å²) in [7, 11) is 0. The normalized spacial score (nSPS) is 20.2. The Hall–Kier alpha value is -1.62. The molecule has 1 aliphatic heterocycles. The zero-order valence-corrected chi connectivity index (χ0v) is 17.5. The molecule has 28 heavy (non-hydrogen) atoms. The van der Waals surface area contributed by atoms with Crippen LogP contribution in [0.15, 0.2) is 48.6 Å². The first-order valence-electron chi connectivity index (χ1n) is 10.7. The molecule has 0 saturated carbocycles. The van der Waals surface area contributed by atoms with Crippen LogP contribution in [0.3, 0.4) is 0 Å². The van der Waals surface area contributed by atoms with E-state index >= 15 is 0 Å². The monoisotopic (exact) mass is 388 g/mol. The number of rotatable bonds is 13. The quantitative estimate of drug-likeness (QED) is 0.307. The van der Waals surface area contributed by atoms with Gasteiger partial charge in [0.25, 0.3) is 0 Å². The largest absolute Gasteiger partial charge is 0.494 e. The Morgan fingerprint density at radius 3 is 2.46 bits per heavy atom. The number of hydrogen-bond donors (Lipinski definition) is 0. The number of unbranched alkanes of at least 4 members (excludes halogenated alkanes) is 5. The van der Waals surface area contributed by atoms with E-state index in [-0.39, 0.29) is 12.4 Å². The molecule has 0 bridgehead atoms. The van der Waals surface area contributed by atoms with Gasteiger partial charge in [0.2, 0.25) is 0 Å². The summed E-state index contributed by atoms with van der Waals surface area (Å²) in [6, 6.07) is 8.16. The van der Waals surface area contributed by atoms with E-state index in [0.717, 1.165) is 24.3 Å². The van der Waals surface area contributed by atoms with E-state index < -0.39 is 0 Å². The van der Waals surface area contributed by atoms with Crippen LogP contribution in [0.1, 0.15) is 64.0 Å². The Morgan fingerprint density at radius 1 is 0.964 bits per heavy atom. The van der Waals surface area contributed by atoms with Crippen molar-refractivity contribution in [2.24, 2.45) is 0 Å². The lowest BCUT2D eigenvalue weighted by atomic mass is 10.1. The molecule has 0 spiro atoms. The fraction of sp³-hybridized carbons (Fsp3) is 0.583. The Kier molecular flexibility index (Phi) is 11.6. The van der Waals surface area contributed by atoms with Gasteiger partial charge in [0.05, 0.1) is 26.4 Å². The molecule has 1 aromatic carbocycles. The summed E-state index contributed by atoms with van der Waals surface area (Å²) >= 11 is 0. The lowest BCUT2D eigenvalue weighted by Gasteiger charge is -2.29. The standard InChI is InChI=1S/C24H36O4/c1-3-5-7-9-10-12-17-25-22-15-13-21(14-16-22)23-19-28-24(20-27-23)26-18-11-8-6-4-2/h4,6,8,11,13-16,23-24H,3,5,7,9-10,12,17-20H2,1-2H3/b6-4+,11-8+/t23-,24+/m1/s1. The minimum Gasteiger partial charge on any atom is -0.494 e. The van der Waals surface area contributed by atoms with Crippen molar-refractivity contribution in [2.75, 3.05) is 26.4 Å². The Bertz CT molecular complexity index is 556. The smallest absolute Gasteiger partial charge is 0.181 e. The second kappa shape index (κ2) is 14.4. The fourth-order valence-electron chi connectivity index (χ4n) is 3.03. The second-order valence-electron chi connectivity index (χ2n) is 7.06. The van der Waals surface area contributed by atoms with Crippen LogP contribution in [-0.2, 0) is 14.2 Å². The number of benzene rings is 1. The molecule has 4 nitrogen and oxygen atoms in total. The summed E-state index contributed by atoms with van der Waals surface area (Å²) < 4.78 is 23.2. The topological polar surface area (TPSA) is 36.9 Å². The van der Waals surface area contributed by atoms with Crippen LogP contribution in [0.2, 0.25) is 0 Å². The highest BCUT2D eigenvalue weighted by Gasteiger charge is 2.23. The third kappa shape index (κ3) is 9.05. The summed E-state index contributed by atoms with van der Waals surface area (Å²) in [6.45, 7) is 6.48. The van der Waals surface area contributed by atoms with Crippen LogP contribution in [0.5, 0.6) is 5.75 Å². The molecule has 156 valence electrons. The molecule has 0 radical (unpaired) electrons. The summed E-state index contributed by atoms with van der Waals surface area (Å²) in [5, 5.41) is 0. The van der Waals surface area contributed by atoms with Crippen molar-refractivity contribution in [2.45, 2.75) is 64.8 Å². The summed E-state index contributed by atoms with van der Waals surface area (Å²) in [5.74, 6) is 0.920. The van der Waals surface area contributed by atoms with E-state index in [0.29, 0.717) is 19.8 Å². The lowest BCUT2D eigenvalue weighted by molar-refractivity contribution is -0.232. The van der Waals surface area contributed by atoms with E-state index in [9.17, 15) is 0 Å². The third-order valence-corrected chi connectivity index (χ3v) is 4.70. The maximum atomic E-state index is 5.91. The van der Waals surface area contributed by atoms with E-state index in [1.54, 1.807) is 0 Å². The molecule has 1 saturated heterocycles. The summed E-state index contributed by atoms with van der Waals surface area (Å²) in [4.78, 5) is 0. The molecule has 1 aliphatic rings. The van der Waals surface area contributed by atoms with E-state index in [1.165, 1.54) is 32.1 Å². The van der Waals surface area contributed by atoms with Crippen LogP contribution >= 0.6 is 0 Å². The average Bonchev–Trinajstić information content (AvgIpc) is 2.74. The van der Waals surface area contributed by atoms with Gasteiger partial charge in [-0.25, -0.2) is 0 Å². The van der Waals surface area contributed by atoms with Crippen molar-refractivity contribution in [1.82, 2.24) is 0 Å². The van der Waals surface area contributed by atoms with Gasteiger partial charge < -0.3 is 18.9 Å². The van der Waals surface area contributed by atoms with Crippen LogP contribution < -0.4 is 4.74 Å². The zero-order valence-electron chi connectivity index (χ0n) is 17.5. The predicted octanol–water partition coefficient (Wildman–Crippen LogP) is 5.99. The lowest BCUT2D eigenvalue weighted by Crippen LogP contribution is -2.33. The second-order valence-corrected chi connectivity index (χ2v) is 7.06. The van der Waals surface area contributed by atoms with Crippen LogP contribution in [0.25, 0.3) is 0 Å². The molecule has 0 aliphatic carbocycles. The predicted molar refractivity (Wildman–Crippen MR) is 114 cm³/mol. The minimum absolute atomic E-state index is 0.0500. The van der Waals surface area contributed by atoms with Crippen molar-refractivity contribution in [3.05, 3.63) is 54.1 Å². The Balaban J connectivity index is 1.61. The molecule has 0 N–H and O–H groups in total. The van der Waals surface area contributed by atoms with Crippen molar-refractivity contribution in [1.29, 1.82) is 0 Å². The number of allylic oxidation sites excluding steroid dienone is 3. The van der Waals surface area contributed by atoms with Gasteiger partial charge in [-0.05, 0) is 31.0 Å². The molecule has 1 heterocycles. The SMILES string of the molecule is C/C=C/C=C/CO[C@@H]1CO[C@@H](c2ccc(OCCCCCCCC)cc2)CO1. The van der Waals surface area contributed by atoms with Crippen molar-refractivity contribution >= 4 is 0 Å². The molecule has 0 unspecified atom stereocenters. The zero-order chi connectivity index (χ0) is 19.9. The molecular formula is C24H36O4. The third-order valence-electron chi connectivity index (χ3n) is 4.70. The van der Waals surface area contributed by atoms with E-state index in [2.05, 4.69) is 19.1 Å². The van der Waals surface area contributed by atoms with Gasteiger partial charge in [-0.2, -0.15) is 0 Å². The van der Waals surface area contributed by atoms with Gasteiger partial charge in [-0.15, -0.1) is 0 Å². The molecule has 2 rings (SSSR count). The van der Waals surface area contributed by atoms with Crippen molar-refractivity contribution in [3.63, 3.8) is 0 Å². The van der Waals surface area contributed by atoms with Crippen molar-refractivity contribution in [3.8, 4) is 5.75 Å².